The molecule has 0 aliphatic heterocycles. The molecule has 0 spiro atoms. The van der Waals surface area contributed by atoms with Crippen LogP contribution < -0.4 is 4.72 Å². The van der Waals surface area contributed by atoms with Crippen LogP contribution in [-0.4, -0.2) is 18.6 Å². The lowest BCUT2D eigenvalue weighted by Gasteiger charge is -2.11. The fourth-order valence-corrected chi connectivity index (χ4v) is 2.67. The van der Waals surface area contributed by atoms with Gasteiger partial charge in [0.2, 0.25) is 0 Å². The second-order valence-electron chi connectivity index (χ2n) is 4.10. The lowest BCUT2D eigenvalue weighted by Crippen LogP contribution is -2.13. The van der Waals surface area contributed by atoms with Crippen molar-refractivity contribution in [1.82, 2.24) is 0 Å². The van der Waals surface area contributed by atoms with Gasteiger partial charge in [-0.1, -0.05) is 6.07 Å². The molecule has 0 bridgehead atoms. The first-order chi connectivity index (χ1) is 8.88. The van der Waals surface area contributed by atoms with Crippen molar-refractivity contribution in [3.05, 3.63) is 48.0 Å². The number of aryl methyl sites for hydroxylation is 1. The molecule has 0 aromatic heterocycles. The zero-order valence-electron chi connectivity index (χ0n) is 10.2. The second kappa shape index (κ2) is 4.81. The van der Waals surface area contributed by atoms with E-state index >= 15 is 0 Å². The van der Waals surface area contributed by atoms with Crippen LogP contribution in [0.2, 0.25) is 0 Å². The van der Waals surface area contributed by atoms with Crippen LogP contribution in [0.25, 0.3) is 0 Å². The number of phenolic OH excluding ortho intramolecular Hbond substituents is 2. The highest BCUT2D eigenvalue weighted by Crippen LogP contribution is 2.24. The highest BCUT2D eigenvalue weighted by molar-refractivity contribution is 7.92. The Morgan fingerprint density at radius 3 is 2.16 bits per heavy atom. The van der Waals surface area contributed by atoms with Gasteiger partial charge in [-0.05, 0) is 42.8 Å². The maximum Gasteiger partial charge on any atom is 0.261 e. The molecule has 0 fully saturated rings. The number of rotatable bonds is 3. The van der Waals surface area contributed by atoms with Gasteiger partial charge in [0.25, 0.3) is 10.0 Å². The van der Waals surface area contributed by atoms with E-state index in [1.807, 2.05) is 0 Å². The molecule has 0 unspecified atom stereocenters. The number of hydrogen-bond donors (Lipinski definition) is 3. The Hall–Kier alpha value is -2.21. The van der Waals surface area contributed by atoms with Crippen molar-refractivity contribution in [2.45, 2.75) is 11.8 Å². The van der Waals surface area contributed by atoms with Crippen molar-refractivity contribution in [2.75, 3.05) is 4.72 Å². The van der Waals surface area contributed by atoms with E-state index < -0.39 is 10.0 Å². The predicted octanol–water partition coefficient (Wildman–Crippen LogP) is 2.21. The number of benzene rings is 2. The minimum absolute atomic E-state index is 0.00696. The minimum Gasteiger partial charge on any atom is -0.508 e. The average molecular weight is 279 g/mol. The maximum atomic E-state index is 12.1. The standard InChI is InChI=1S/C13H13NO4S/c1-9-2-3-11(16)8-13(9)14-19(17,18)12-6-4-10(15)5-7-12/h2-8,14-16H,1H3. The number of nitrogens with one attached hydrogen (secondary N) is 1. The van der Waals surface area contributed by atoms with Crippen molar-refractivity contribution >= 4 is 15.7 Å². The molecule has 100 valence electrons. The molecule has 0 amide bonds. The zero-order chi connectivity index (χ0) is 14.0. The summed E-state index contributed by atoms with van der Waals surface area (Å²) >= 11 is 0. The fraction of sp³-hybridized carbons (Fsp3) is 0.0769. The van der Waals surface area contributed by atoms with Gasteiger partial charge in [0.1, 0.15) is 11.5 Å². The lowest BCUT2D eigenvalue weighted by molar-refractivity contribution is 0.474. The molecule has 2 aromatic rings. The van der Waals surface area contributed by atoms with Crippen LogP contribution in [0.15, 0.2) is 47.4 Å². The van der Waals surface area contributed by atoms with Crippen molar-refractivity contribution in [2.24, 2.45) is 0 Å². The number of aromatic hydroxyl groups is 2. The van der Waals surface area contributed by atoms with Gasteiger partial charge in [-0.2, -0.15) is 0 Å². The van der Waals surface area contributed by atoms with E-state index in [1.165, 1.54) is 36.4 Å². The Balaban J connectivity index is 2.36. The average Bonchev–Trinajstić information content (AvgIpc) is 2.34. The number of anilines is 1. The molecule has 2 rings (SSSR count). The van der Waals surface area contributed by atoms with Gasteiger partial charge in [-0.3, -0.25) is 4.72 Å². The van der Waals surface area contributed by atoms with Crippen LogP contribution in [0.5, 0.6) is 11.5 Å². The van der Waals surface area contributed by atoms with Crippen LogP contribution in [0, 0.1) is 6.92 Å². The van der Waals surface area contributed by atoms with Gasteiger partial charge in [0, 0.05) is 6.07 Å². The third kappa shape index (κ3) is 2.97. The number of phenols is 2. The monoisotopic (exact) mass is 279 g/mol. The largest absolute Gasteiger partial charge is 0.508 e. The van der Waals surface area contributed by atoms with Crippen LogP contribution >= 0.6 is 0 Å². The number of sulfonamides is 1. The van der Waals surface area contributed by atoms with E-state index in [0.29, 0.717) is 11.3 Å². The van der Waals surface area contributed by atoms with Crippen molar-refractivity contribution in [3.8, 4) is 11.5 Å². The van der Waals surface area contributed by atoms with Crippen LogP contribution in [0.4, 0.5) is 5.69 Å². The zero-order valence-corrected chi connectivity index (χ0v) is 11.0. The predicted molar refractivity (Wildman–Crippen MR) is 71.8 cm³/mol. The Bertz CT molecular complexity index is 693. The fourth-order valence-electron chi connectivity index (χ4n) is 1.55. The summed E-state index contributed by atoms with van der Waals surface area (Å²) < 4.78 is 26.6. The summed E-state index contributed by atoms with van der Waals surface area (Å²) in [5.41, 5.74) is 1.01. The van der Waals surface area contributed by atoms with Crippen LogP contribution in [0.3, 0.4) is 0 Å². The molecule has 19 heavy (non-hydrogen) atoms. The molecule has 2 aromatic carbocycles. The summed E-state index contributed by atoms with van der Waals surface area (Å²) in [6.45, 7) is 1.73. The van der Waals surface area contributed by atoms with Gasteiger partial charge in [0.05, 0.1) is 10.6 Å². The van der Waals surface area contributed by atoms with Gasteiger partial charge in [-0.15, -0.1) is 0 Å². The van der Waals surface area contributed by atoms with E-state index in [1.54, 1.807) is 13.0 Å². The van der Waals surface area contributed by atoms with Crippen molar-refractivity contribution in [1.29, 1.82) is 0 Å². The maximum absolute atomic E-state index is 12.1. The minimum atomic E-state index is -3.74. The number of hydrogen-bond acceptors (Lipinski definition) is 4. The summed E-state index contributed by atoms with van der Waals surface area (Å²) in [5.74, 6) is -0.0264. The van der Waals surface area contributed by atoms with E-state index in [0.717, 1.165) is 0 Å². The molecular formula is C13H13NO4S. The molecule has 0 heterocycles. The molecule has 5 nitrogen and oxygen atoms in total. The Morgan fingerprint density at radius 2 is 1.53 bits per heavy atom. The highest BCUT2D eigenvalue weighted by Gasteiger charge is 2.15. The Morgan fingerprint density at radius 1 is 0.947 bits per heavy atom. The molecule has 0 aliphatic rings. The van der Waals surface area contributed by atoms with E-state index in [4.69, 9.17) is 5.11 Å². The highest BCUT2D eigenvalue weighted by atomic mass is 32.2. The summed E-state index contributed by atoms with van der Waals surface area (Å²) in [7, 11) is -3.74. The van der Waals surface area contributed by atoms with Crippen molar-refractivity contribution < 1.29 is 18.6 Å². The Labute approximate surface area is 111 Å². The first-order valence-electron chi connectivity index (χ1n) is 5.50. The first kappa shape index (κ1) is 13.2. The molecule has 0 radical (unpaired) electrons. The van der Waals surface area contributed by atoms with Crippen LogP contribution in [-0.2, 0) is 10.0 Å². The smallest absolute Gasteiger partial charge is 0.261 e. The second-order valence-corrected chi connectivity index (χ2v) is 5.78. The molecule has 3 N–H and O–H groups in total. The van der Waals surface area contributed by atoms with Gasteiger partial charge in [0.15, 0.2) is 0 Å². The van der Waals surface area contributed by atoms with Crippen molar-refractivity contribution in [3.63, 3.8) is 0 Å². The topological polar surface area (TPSA) is 86.6 Å². The molecular weight excluding hydrogens is 266 g/mol. The quantitative estimate of drug-likeness (QED) is 0.804. The SMILES string of the molecule is Cc1ccc(O)cc1NS(=O)(=O)c1ccc(O)cc1. The molecule has 6 heteroatoms. The third-order valence-corrected chi connectivity index (χ3v) is 3.99. The molecule has 0 aliphatic carbocycles. The summed E-state index contributed by atoms with van der Waals surface area (Å²) in [6, 6.07) is 9.63. The van der Waals surface area contributed by atoms with Gasteiger partial charge >= 0.3 is 0 Å². The normalized spacial score (nSPS) is 11.2. The molecule has 0 atom stereocenters. The summed E-state index contributed by atoms with van der Waals surface area (Å²) in [4.78, 5) is 0.0352. The van der Waals surface area contributed by atoms with E-state index in [9.17, 15) is 13.5 Å². The van der Waals surface area contributed by atoms with E-state index in [-0.39, 0.29) is 16.4 Å². The first-order valence-corrected chi connectivity index (χ1v) is 6.98. The molecule has 0 saturated carbocycles. The van der Waals surface area contributed by atoms with E-state index in [2.05, 4.69) is 4.72 Å². The molecule has 0 saturated heterocycles. The Kier molecular flexibility index (Phi) is 3.35. The third-order valence-electron chi connectivity index (χ3n) is 2.61. The van der Waals surface area contributed by atoms with Crippen LogP contribution in [0.1, 0.15) is 5.56 Å². The summed E-state index contributed by atoms with van der Waals surface area (Å²) in [5, 5.41) is 18.5. The van der Waals surface area contributed by atoms with Gasteiger partial charge in [-0.25, -0.2) is 8.42 Å². The van der Waals surface area contributed by atoms with Gasteiger partial charge < -0.3 is 10.2 Å². The lowest BCUT2D eigenvalue weighted by atomic mass is 10.2. The summed E-state index contributed by atoms with van der Waals surface area (Å²) in [6.07, 6.45) is 0.